The van der Waals surface area contributed by atoms with E-state index in [1.807, 2.05) is 30.3 Å². The molecule has 0 radical (unpaired) electrons. The summed E-state index contributed by atoms with van der Waals surface area (Å²) in [7, 11) is 1.62. The first-order valence-electron chi connectivity index (χ1n) is 7.66. The van der Waals surface area contributed by atoms with Gasteiger partial charge in [-0.2, -0.15) is 5.26 Å². The first-order valence-corrected chi connectivity index (χ1v) is 8.04. The molecular formula is C19H18ClN3O2. The Morgan fingerprint density at radius 1 is 1.28 bits per heavy atom. The molecule has 0 aliphatic rings. The first kappa shape index (κ1) is 18.4. The second-order valence-corrected chi connectivity index (χ2v) is 5.57. The summed E-state index contributed by atoms with van der Waals surface area (Å²) < 4.78 is 5.18. The van der Waals surface area contributed by atoms with E-state index in [-0.39, 0.29) is 5.57 Å². The van der Waals surface area contributed by atoms with Gasteiger partial charge in [-0.1, -0.05) is 35.9 Å². The monoisotopic (exact) mass is 355 g/mol. The smallest absolute Gasteiger partial charge is 0.267 e. The van der Waals surface area contributed by atoms with Gasteiger partial charge < -0.3 is 15.4 Å². The van der Waals surface area contributed by atoms with Gasteiger partial charge in [0.05, 0.1) is 17.8 Å². The Morgan fingerprint density at radius 2 is 2.08 bits per heavy atom. The summed E-state index contributed by atoms with van der Waals surface area (Å²) in [5, 5.41) is 15.2. The molecule has 0 aliphatic heterocycles. The van der Waals surface area contributed by atoms with E-state index >= 15 is 0 Å². The SMILES string of the molecule is COc1cccc(CCN/C=C(/C#N)C(=O)Nc2ccccc2Cl)c1. The number of methoxy groups -OCH3 is 1. The summed E-state index contributed by atoms with van der Waals surface area (Å²) in [5.74, 6) is 0.286. The van der Waals surface area contributed by atoms with E-state index in [2.05, 4.69) is 10.6 Å². The summed E-state index contributed by atoms with van der Waals surface area (Å²) in [5.41, 5.74) is 1.54. The van der Waals surface area contributed by atoms with Crippen LogP contribution in [0, 0.1) is 11.3 Å². The standard InChI is InChI=1S/C19H18ClN3O2/c1-25-16-6-4-5-14(11-16)9-10-22-13-15(12-21)19(24)23-18-8-3-2-7-17(18)20/h2-8,11,13,22H,9-10H2,1H3,(H,23,24)/b15-13-. The van der Waals surface area contributed by atoms with E-state index in [4.69, 9.17) is 21.6 Å². The van der Waals surface area contributed by atoms with E-state index in [0.29, 0.717) is 17.3 Å². The summed E-state index contributed by atoms with van der Waals surface area (Å²) in [6.45, 7) is 0.581. The maximum Gasteiger partial charge on any atom is 0.267 e. The van der Waals surface area contributed by atoms with Crippen LogP contribution in [0.2, 0.25) is 5.02 Å². The molecule has 0 unspecified atom stereocenters. The molecule has 0 fully saturated rings. The maximum absolute atomic E-state index is 12.1. The number of carbonyl (C=O) groups is 1. The second kappa shape index (κ2) is 9.36. The molecule has 2 rings (SSSR count). The summed E-state index contributed by atoms with van der Waals surface area (Å²) in [6, 6.07) is 16.5. The lowest BCUT2D eigenvalue weighted by Crippen LogP contribution is -2.18. The van der Waals surface area contributed by atoms with Crippen molar-refractivity contribution in [3.8, 4) is 11.8 Å². The summed E-state index contributed by atoms with van der Waals surface area (Å²) in [4.78, 5) is 12.1. The molecule has 0 atom stereocenters. The molecule has 2 aromatic carbocycles. The van der Waals surface area contributed by atoms with Crippen molar-refractivity contribution in [2.45, 2.75) is 6.42 Å². The van der Waals surface area contributed by atoms with Gasteiger partial charge in [-0.25, -0.2) is 0 Å². The van der Waals surface area contributed by atoms with Crippen LogP contribution in [0.4, 0.5) is 5.69 Å². The molecule has 0 saturated carbocycles. The summed E-state index contributed by atoms with van der Waals surface area (Å²) >= 11 is 5.99. The Balaban J connectivity index is 1.90. The molecule has 0 heterocycles. The van der Waals surface area contributed by atoms with Crippen molar-refractivity contribution in [1.82, 2.24) is 5.32 Å². The highest BCUT2D eigenvalue weighted by Crippen LogP contribution is 2.20. The van der Waals surface area contributed by atoms with E-state index in [1.54, 1.807) is 31.4 Å². The van der Waals surface area contributed by atoms with Gasteiger partial charge in [0.25, 0.3) is 5.91 Å². The van der Waals surface area contributed by atoms with Gasteiger partial charge in [-0.3, -0.25) is 4.79 Å². The topological polar surface area (TPSA) is 74.1 Å². The van der Waals surface area contributed by atoms with Crippen molar-refractivity contribution in [2.75, 3.05) is 19.0 Å². The van der Waals surface area contributed by atoms with Crippen LogP contribution in [0.3, 0.4) is 0 Å². The number of anilines is 1. The van der Waals surface area contributed by atoms with Crippen LogP contribution in [0.15, 0.2) is 60.3 Å². The fraction of sp³-hybridized carbons (Fsp3) is 0.158. The van der Waals surface area contributed by atoms with Crippen LogP contribution < -0.4 is 15.4 Å². The molecular weight excluding hydrogens is 338 g/mol. The van der Waals surface area contributed by atoms with Gasteiger partial charge in [0, 0.05) is 12.7 Å². The van der Waals surface area contributed by atoms with Crippen molar-refractivity contribution >= 4 is 23.2 Å². The van der Waals surface area contributed by atoms with Gasteiger partial charge in [-0.05, 0) is 36.2 Å². The van der Waals surface area contributed by atoms with E-state index in [9.17, 15) is 4.79 Å². The van der Waals surface area contributed by atoms with E-state index in [1.165, 1.54) is 6.20 Å². The first-order chi connectivity index (χ1) is 12.1. The Kier molecular flexibility index (Phi) is 6.87. The molecule has 0 bridgehead atoms. The van der Waals surface area contributed by atoms with Crippen molar-refractivity contribution in [3.05, 3.63) is 70.9 Å². The molecule has 0 spiro atoms. The average molecular weight is 356 g/mol. The number of nitrogens with zero attached hydrogens (tertiary/aromatic N) is 1. The molecule has 6 heteroatoms. The Hall–Kier alpha value is -2.97. The zero-order valence-corrected chi connectivity index (χ0v) is 14.5. The fourth-order valence-corrected chi connectivity index (χ4v) is 2.30. The Morgan fingerprint density at radius 3 is 2.80 bits per heavy atom. The highest BCUT2D eigenvalue weighted by atomic mass is 35.5. The van der Waals surface area contributed by atoms with Crippen LogP contribution in [-0.4, -0.2) is 19.6 Å². The number of halogens is 1. The minimum absolute atomic E-state index is 0.0226. The number of nitrogens with one attached hydrogen (secondary N) is 2. The minimum Gasteiger partial charge on any atom is -0.497 e. The van der Waals surface area contributed by atoms with Gasteiger partial charge in [0.15, 0.2) is 0 Å². The van der Waals surface area contributed by atoms with Crippen LogP contribution in [0.25, 0.3) is 0 Å². The number of hydrogen-bond donors (Lipinski definition) is 2. The number of rotatable bonds is 7. The van der Waals surface area contributed by atoms with E-state index in [0.717, 1.165) is 17.7 Å². The predicted octanol–water partition coefficient (Wildman–Crippen LogP) is 3.53. The lowest BCUT2D eigenvalue weighted by Gasteiger charge is -2.07. The molecule has 0 aliphatic carbocycles. The van der Waals surface area contributed by atoms with E-state index < -0.39 is 5.91 Å². The molecule has 0 aromatic heterocycles. The number of para-hydroxylation sites is 1. The van der Waals surface area contributed by atoms with Crippen molar-refractivity contribution in [1.29, 1.82) is 5.26 Å². The maximum atomic E-state index is 12.1. The number of benzene rings is 2. The molecule has 2 N–H and O–H groups in total. The minimum atomic E-state index is -0.510. The zero-order valence-electron chi connectivity index (χ0n) is 13.8. The van der Waals surface area contributed by atoms with Crippen LogP contribution >= 0.6 is 11.6 Å². The normalized spacial score (nSPS) is 10.7. The molecule has 25 heavy (non-hydrogen) atoms. The summed E-state index contributed by atoms with van der Waals surface area (Å²) in [6.07, 6.45) is 2.14. The third kappa shape index (κ3) is 5.55. The van der Waals surface area contributed by atoms with Gasteiger partial charge >= 0.3 is 0 Å². The van der Waals surface area contributed by atoms with Crippen LogP contribution in [0.5, 0.6) is 5.75 Å². The van der Waals surface area contributed by atoms with Crippen molar-refractivity contribution < 1.29 is 9.53 Å². The van der Waals surface area contributed by atoms with Crippen LogP contribution in [-0.2, 0) is 11.2 Å². The Bertz CT molecular complexity index is 812. The third-order valence-corrected chi connectivity index (χ3v) is 3.76. The average Bonchev–Trinajstić information content (AvgIpc) is 2.63. The van der Waals surface area contributed by atoms with Gasteiger partial charge in [0.1, 0.15) is 17.4 Å². The number of amides is 1. The number of carbonyl (C=O) groups excluding carboxylic acids is 1. The highest BCUT2D eigenvalue weighted by molar-refractivity contribution is 6.33. The second-order valence-electron chi connectivity index (χ2n) is 5.16. The van der Waals surface area contributed by atoms with Crippen molar-refractivity contribution in [3.63, 3.8) is 0 Å². The Labute approximate surface area is 151 Å². The third-order valence-electron chi connectivity index (χ3n) is 3.43. The lowest BCUT2D eigenvalue weighted by atomic mass is 10.1. The number of ether oxygens (including phenoxy) is 1. The molecule has 5 nitrogen and oxygen atoms in total. The number of hydrogen-bond acceptors (Lipinski definition) is 4. The quantitative estimate of drug-likeness (QED) is 0.452. The molecule has 128 valence electrons. The fourth-order valence-electron chi connectivity index (χ4n) is 2.12. The molecule has 0 saturated heterocycles. The highest BCUT2D eigenvalue weighted by Gasteiger charge is 2.10. The predicted molar refractivity (Wildman–Crippen MR) is 98.5 cm³/mol. The zero-order chi connectivity index (χ0) is 18.1. The largest absolute Gasteiger partial charge is 0.497 e. The van der Waals surface area contributed by atoms with Gasteiger partial charge in [0.2, 0.25) is 0 Å². The number of nitriles is 1. The molecule has 2 aromatic rings. The molecule has 1 amide bonds. The van der Waals surface area contributed by atoms with Gasteiger partial charge in [-0.15, -0.1) is 0 Å². The van der Waals surface area contributed by atoms with Crippen LogP contribution in [0.1, 0.15) is 5.56 Å². The van der Waals surface area contributed by atoms with Crippen molar-refractivity contribution in [2.24, 2.45) is 0 Å². The lowest BCUT2D eigenvalue weighted by molar-refractivity contribution is -0.112.